The SMILES string of the molecule is CCCCC/C=C/C/C=C/C/C=C/C/C=C/C/C=C/CCC(=O)O[C@H](COC(=O)CCCCCCC/C=C/CCCCC)CO[C@H]1O[C@@H](CO[C@H]2O[C@@H](CO)[C@@H](O)C(O)C2O)[C@@H](O)C(O)C1O. The predicted molar refractivity (Wildman–Crippen MR) is 256 cm³/mol. The second-order valence-electron chi connectivity index (χ2n) is 17.3. The molecule has 384 valence electrons. The van der Waals surface area contributed by atoms with Crippen LogP contribution in [0.25, 0.3) is 0 Å². The maximum Gasteiger partial charge on any atom is 0.306 e. The van der Waals surface area contributed by atoms with E-state index in [9.17, 15) is 45.3 Å². The topological polar surface area (TPSA) is 231 Å². The number of unbranched alkanes of at least 4 members (excludes halogenated alkanes) is 11. The maximum absolute atomic E-state index is 13.0. The van der Waals surface area contributed by atoms with Crippen molar-refractivity contribution in [2.24, 2.45) is 0 Å². The van der Waals surface area contributed by atoms with E-state index in [1.807, 2.05) is 12.2 Å². The number of carbonyl (C=O) groups excluding carboxylic acids is 2. The van der Waals surface area contributed by atoms with Crippen molar-refractivity contribution in [3.63, 3.8) is 0 Å². The maximum atomic E-state index is 13.0. The van der Waals surface area contributed by atoms with Gasteiger partial charge in [-0.25, -0.2) is 0 Å². The highest BCUT2D eigenvalue weighted by molar-refractivity contribution is 5.70. The first-order valence-corrected chi connectivity index (χ1v) is 25.0. The Balaban J connectivity index is 1.86. The number of carbonyl (C=O) groups is 2. The van der Waals surface area contributed by atoms with Crippen LogP contribution in [0.1, 0.15) is 149 Å². The van der Waals surface area contributed by atoms with Crippen LogP contribution in [-0.4, -0.2) is 142 Å². The Labute approximate surface area is 400 Å². The van der Waals surface area contributed by atoms with Gasteiger partial charge in [-0.3, -0.25) is 9.59 Å². The third-order valence-corrected chi connectivity index (χ3v) is 11.4. The van der Waals surface area contributed by atoms with E-state index < -0.39 is 99.3 Å². The zero-order valence-corrected chi connectivity index (χ0v) is 40.4. The molecule has 0 aromatic rings. The fourth-order valence-corrected chi connectivity index (χ4v) is 7.25. The molecule has 0 aromatic heterocycles. The number of ether oxygens (including phenoxy) is 6. The van der Waals surface area contributed by atoms with Crippen LogP contribution in [0.15, 0.2) is 72.9 Å². The van der Waals surface area contributed by atoms with Crippen molar-refractivity contribution in [3.05, 3.63) is 72.9 Å². The molecule has 2 saturated heterocycles. The van der Waals surface area contributed by atoms with Crippen molar-refractivity contribution < 1.29 is 73.8 Å². The van der Waals surface area contributed by atoms with Gasteiger partial charge in [-0.1, -0.05) is 132 Å². The molecule has 0 saturated carbocycles. The van der Waals surface area contributed by atoms with Gasteiger partial charge in [0.1, 0.15) is 55.4 Å². The van der Waals surface area contributed by atoms with Crippen LogP contribution in [0.5, 0.6) is 0 Å². The van der Waals surface area contributed by atoms with E-state index in [1.54, 1.807) is 0 Å². The van der Waals surface area contributed by atoms with Gasteiger partial charge in [0, 0.05) is 12.8 Å². The molecule has 11 atom stereocenters. The van der Waals surface area contributed by atoms with Crippen molar-refractivity contribution >= 4 is 11.9 Å². The van der Waals surface area contributed by atoms with Crippen molar-refractivity contribution in [2.75, 3.05) is 26.4 Å². The molecule has 2 heterocycles. The molecule has 0 amide bonds. The van der Waals surface area contributed by atoms with Gasteiger partial charge < -0.3 is 64.2 Å². The predicted octanol–water partition coefficient (Wildman–Crippen LogP) is 6.65. The summed E-state index contributed by atoms with van der Waals surface area (Å²) < 4.78 is 33.4. The van der Waals surface area contributed by atoms with Crippen molar-refractivity contribution in [2.45, 2.75) is 216 Å². The Bertz CT molecular complexity index is 1440. The second-order valence-corrected chi connectivity index (χ2v) is 17.3. The molecule has 0 radical (unpaired) electrons. The van der Waals surface area contributed by atoms with E-state index in [2.05, 4.69) is 74.6 Å². The molecule has 15 nitrogen and oxygen atoms in total. The first kappa shape index (κ1) is 60.1. The summed E-state index contributed by atoms with van der Waals surface area (Å²) in [5.74, 6) is -1.04. The van der Waals surface area contributed by atoms with E-state index in [0.717, 1.165) is 64.2 Å². The molecule has 0 bridgehead atoms. The number of allylic oxidation sites excluding steroid dienone is 12. The zero-order chi connectivity index (χ0) is 48.9. The molecule has 0 aliphatic carbocycles. The summed E-state index contributed by atoms with van der Waals surface area (Å²) >= 11 is 0. The summed E-state index contributed by atoms with van der Waals surface area (Å²) in [4.78, 5) is 25.7. The number of aliphatic hydroxyl groups excluding tert-OH is 7. The Morgan fingerprint density at radius 1 is 0.478 bits per heavy atom. The van der Waals surface area contributed by atoms with E-state index >= 15 is 0 Å². The van der Waals surface area contributed by atoms with Gasteiger partial charge in [-0.15, -0.1) is 0 Å². The molecular formula is C52H86O15. The summed E-state index contributed by atoms with van der Waals surface area (Å²) in [6, 6.07) is 0. The van der Waals surface area contributed by atoms with Crippen LogP contribution in [-0.2, 0) is 38.0 Å². The van der Waals surface area contributed by atoms with Crippen LogP contribution in [0.2, 0.25) is 0 Å². The highest BCUT2D eigenvalue weighted by atomic mass is 16.7. The molecule has 2 aliphatic rings. The summed E-state index contributed by atoms with van der Waals surface area (Å²) in [7, 11) is 0. The minimum Gasteiger partial charge on any atom is -0.462 e. The van der Waals surface area contributed by atoms with Crippen LogP contribution < -0.4 is 0 Å². The monoisotopic (exact) mass is 951 g/mol. The van der Waals surface area contributed by atoms with Gasteiger partial charge in [-0.05, 0) is 77.0 Å². The number of hydrogen-bond acceptors (Lipinski definition) is 15. The lowest BCUT2D eigenvalue weighted by Gasteiger charge is -2.42. The minimum absolute atomic E-state index is 0.0367. The van der Waals surface area contributed by atoms with Crippen molar-refractivity contribution in [3.8, 4) is 0 Å². The lowest BCUT2D eigenvalue weighted by molar-refractivity contribution is -0.332. The summed E-state index contributed by atoms with van der Waals surface area (Å²) in [6.45, 7) is 2.42. The Morgan fingerprint density at radius 2 is 0.925 bits per heavy atom. The third-order valence-electron chi connectivity index (χ3n) is 11.4. The molecular weight excluding hydrogens is 865 g/mol. The first-order valence-electron chi connectivity index (χ1n) is 25.0. The molecule has 7 N–H and O–H groups in total. The Morgan fingerprint density at radius 3 is 1.48 bits per heavy atom. The van der Waals surface area contributed by atoms with Crippen LogP contribution in [0.3, 0.4) is 0 Å². The Hall–Kier alpha value is -3.06. The quantitative estimate of drug-likeness (QED) is 0.0196. The van der Waals surface area contributed by atoms with Crippen LogP contribution in [0, 0.1) is 0 Å². The summed E-state index contributed by atoms with van der Waals surface area (Å²) in [5.41, 5.74) is 0. The highest BCUT2D eigenvalue weighted by Crippen LogP contribution is 2.26. The standard InChI is InChI=1S/C52H86O15/c1-3-5-7-9-11-13-15-17-18-19-20-21-22-23-25-27-29-31-33-35-44(55)65-40(37-62-43(54)34-32-30-28-26-24-16-14-12-10-8-6-4-2)38-63-51-50(61)48(59)46(57)42(67-51)39-64-52-49(60)47(58)45(56)41(36-53)66-52/h11-14,17-18,20-21,23,25,29,31,40-42,45-53,56-61H,3-10,15-16,19,22,24,26-28,30,32-39H2,1-2H3/b13-11+,14-12+,18-17+,21-20+,25-23+,31-29+/t40-,41+,42+,45-,46-,47?,48?,49?,50?,51+,52+/m1/s1. The number of esters is 2. The van der Waals surface area contributed by atoms with E-state index in [4.69, 9.17) is 28.4 Å². The number of aliphatic hydroxyl groups is 7. The van der Waals surface area contributed by atoms with Gasteiger partial charge in [0.15, 0.2) is 18.7 Å². The smallest absolute Gasteiger partial charge is 0.306 e. The van der Waals surface area contributed by atoms with Gasteiger partial charge in [0.05, 0.1) is 19.8 Å². The minimum atomic E-state index is -1.78. The molecule has 0 spiro atoms. The second kappa shape index (κ2) is 38.8. The third kappa shape index (κ3) is 27.1. The van der Waals surface area contributed by atoms with Gasteiger partial charge in [0.2, 0.25) is 0 Å². The highest BCUT2D eigenvalue weighted by Gasteiger charge is 2.47. The van der Waals surface area contributed by atoms with Crippen molar-refractivity contribution in [1.82, 2.24) is 0 Å². The number of rotatable bonds is 37. The number of hydrogen-bond donors (Lipinski definition) is 7. The summed E-state index contributed by atoms with van der Waals surface area (Å²) in [5, 5.41) is 72.0. The molecule has 0 aromatic carbocycles. The molecule has 67 heavy (non-hydrogen) atoms. The lowest BCUT2D eigenvalue weighted by atomic mass is 9.98. The molecule has 4 unspecified atom stereocenters. The van der Waals surface area contributed by atoms with Gasteiger partial charge in [0.25, 0.3) is 0 Å². The van der Waals surface area contributed by atoms with E-state index in [1.165, 1.54) is 38.5 Å². The van der Waals surface area contributed by atoms with E-state index in [0.29, 0.717) is 19.3 Å². The fourth-order valence-electron chi connectivity index (χ4n) is 7.25. The normalized spacial score (nSPS) is 26.6. The molecule has 15 heteroatoms. The molecule has 2 aliphatic heterocycles. The van der Waals surface area contributed by atoms with Crippen LogP contribution in [0.4, 0.5) is 0 Å². The van der Waals surface area contributed by atoms with Crippen LogP contribution >= 0.6 is 0 Å². The zero-order valence-electron chi connectivity index (χ0n) is 40.4. The average Bonchev–Trinajstić information content (AvgIpc) is 3.32. The molecule has 2 rings (SSSR count). The van der Waals surface area contributed by atoms with Gasteiger partial charge in [-0.2, -0.15) is 0 Å². The largest absolute Gasteiger partial charge is 0.462 e. The fraction of sp³-hybridized carbons (Fsp3) is 0.731. The van der Waals surface area contributed by atoms with Crippen molar-refractivity contribution in [1.29, 1.82) is 0 Å². The average molecular weight is 951 g/mol. The lowest BCUT2D eigenvalue weighted by Crippen LogP contribution is -2.61. The first-order chi connectivity index (χ1) is 32.5. The summed E-state index contributed by atoms with van der Waals surface area (Å²) in [6.07, 6.45) is 28.0. The molecule has 2 fully saturated rings. The van der Waals surface area contributed by atoms with Gasteiger partial charge >= 0.3 is 11.9 Å². The Kier molecular flexibility index (Phi) is 34.7. The van der Waals surface area contributed by atoms with E-state index in [-0.39, 0.29) is 19.4 Å².